The minimum Gasteiger partial charge on any atom is -0.456 e. The van der Waals surface area contributed by atoms with E-state index in [0.717, 1.165) is 36.5 Å². The Balaban J connectivity index is 1.15. The van der Waals surface area contributed by atoms with Gasteiger partial charge in [0, 0.05) is 67.8 Å². The maximum Gasteiger partial charge on any atom is 0.164 e. The first kappa shape index (κ1) is 23.2. The summed E-state index contributed by atoms with van der Waals surface area (Å²) in [5, 5.41) is 4.71. The predicted octanol–water partition coefficient (Wildman–Crippen LogP) is 13.2. The molecule has 0 unspecified atom stereocenters. The zero-order valence-corrected chi connectivity index (χ0v) is 28.2. The number of nitrogens with zero attached hydrogens (tertiary/aromatic N) is 3. The topological polar surface area (TPSA) is 51.8 Å². The van der Waals surface area contributed by atoms with Gasteiger partial charge in [-0.05, 0) is 47.5 Å². The van der Waals surface area contributed by atoms with Crippen LogP contribution in [0.3, 0.4) is 0 Å². The van der Waals surface area contributed by atoms with Crippen LogP contribution in [-0.2, 0) is 0 Å². The van der Waals surface area contributed by atoms with Gasteiger partial charge in [-0.3, -0.25) is 0 Å². The van der Waals surface area contributed by atoms with Crippen LogP contribution in [0, 0.1) is 0 Å². The molecule has 0 saturated heterocycles. The highest BCUT2D eigenvalue weighted by atomic mass is 32.1. The molecule has 0 atom stereocenters. The summed E-state index contributed by atoms with van der Waals surface area (Å²) in [6.07, 6.45) is 0. The fourth-order valence-corrected chi connectivity index (χ4v) is 9.09. The van der Waals surface area contributed by atoms with E-state index in [1.165, 1.54) is 11.3 Å². The third-order valence-corrected chi connectivity index (χ3v) is 11.5. The van der Waals surface area contributed by atoms with Gasteiger partial charge in [0.25, 0.3) is 0 Å². The molecule has 11 rings (SSSR count). The molecule has 0 aliphatic carbocycles. The molecule has 0 amide bonds. The van der Waals surface area contributed by atoms with Crippen LogP contribution in [0.4, 0.5) is 0 Å². The molecule has 4 nitrogen and oxygen atoms in total. The SMILES string of the molecule is [2H]c1c([2H])c([2H])c2c(sc3c([2H])c(-c4nc(-c5ccccc5)nc(-c5ccc6c(c5)oc5ccccc56)n4)c([2H])c([2H])c32)c1-c1ccc2c(c1)sc1ccccc12. The lowest BCUT2D eigenvalue weighted by atomic mass is 10.0. The van der Waals surface area contributed by atoms with Crippen LogP contribution in [0.15, 0.2) is 156 Å². The largest absolute Gasteiger partial charge is 0.456 e. The number of furan rings is 1. The lowest BCUT2D eigenvalue weighted by Crippen LogP contribution is -2.00. The van der Waals surface area contributed by atoms with Crippen molar-refractivity contribution >= 4 is 85.0 Å². The number of para-hydroxylation sites is 1. The van der Waals surface area contributed by atoms with Crippen molar-refractivity contribution in [3.63, 3.8) is 0 Å². The number of fused-ring (bicyclic) bond motifs is 9. The maximum absolute atomic E-state index is 9.63. The third kappa shape index (κ3) is 4.61. The Hall–Kier alpha value is -6.21. The van der Waals surface area contributed by atoms with Crippen molar-refractivity contribution in [2.45, 2.75) is 0 Å². The highest BCUT2D eigenvalue weighted by Crippen LogP contribution is 2.43. The minimum absolute atomic E-state index is 0.0571. The highest BCUT2D eigenvalue weighted by Gasteiger charge is 2.17. The molecule has 11 aromatic rings. The molecule has 238 valence electrons. The predicted molar refractivity (Wildman–Crippen MR) is 215 cm³/mol. The summed E-state index contributed by atoms with van der Waals surface area (Å²) < 4.78 is 64.6. The second kappa shape index (κ2) is 11.2. The van der Waals surface area contributed by atoms with E-state index < -0.39 is 0 Å². The molecule has 0 saturated carbocycles. The van der Waals surface area contributed by atoms with Gasteiger partial charge in [-0.25, -0.2) is 15.0 Å². The average Bonchev–Trinajstić information content (AvgIpc) is 3.94. The molecule has 4 aromatic heterocycles. The standard InChI is InChI=1S/C45H25N3OS2/c1-2-9-26(10-3-1)43-46-44(28-18-20-32-31-11-4-6-15-37(31)49-38(32)23-28)48-45(47-43)29-19-22-35-36-14-8-13-30(42(36)51-41(35)25-29)27-17-21-34-33-12-5-7-16-39(33)50-40(34)24-27/h1-25H/i8D,13D,14D,19D,22D,25D. The highest BCUT2D eigenvalue weighted by molar-refractivity contribution is 7.26. The summed E-state index contributed by atoms with van der Waals surface area (Å²) in [5.74, 6) is 0.718. The van der Waals surface area contributed by atoms with Gasteiger partial charge in [-0.1, -0.05) is 115 Å². The Labute approximate surface area is 308 Å². The lowest BCUT2D eigenvalue weighted by Gasteiger charge is -2.08. The molecular weight excluding hydrogens is 663 g/mol. The maximum atomic E-state index is 9.63. The molecule has 51 heavy (non-hydrogen) atoms. The van der Waals surface area contributed by atoms with Gasteiger partial charge < -0.3 is 4.42 Å². The second-order valence-electron chi connectivity index (χ2n) is 12.3. The number of thiophene rings is 2. The number of benzene rings is 7. The van der Waals surface area contributed by atoms with E-state index in [9.17, 15) is 4.11 Å². The summed E-state index contributed by atoms with van der Waals surface area (Å²) in [6, 6.07) is 36.0. The normalized spacial score (nSPS) is 13.6. The van der Waals surface area contributed by atoms with Gasteiger partial charge in [0.1, 0.15) is 11.2 Å². The van der Waals surface area contributed by atoms with E-state index in [0.29, 0.717) is 54.3 Å². The molecular formula is C45H25N3OS2. The van der Waals surface area contributed by atoms with Crippen molar-refractivity contribution in [3.8, 4) is 45.3 Å². The summed E-state index contributed by atoms with van der Waals surface area (Å²) in [6.45, 7) is 0. The molecule has 0 aliphatic heterocycles. The van der Waals surface area contributed by atoms with E-state index in [4.69, 9.17) is 23.5 Å². The van der Waals surface area contributed by atoms with Gasteiger partial charge in [-0.2, -0.15) is 0 Å². The Morgan fingerprint density at radius 1 is 0.451 bits per heavy atom. The van der Waals surface area contributed by atoms with E-state index in [1.54, 1.807) is 11.3 Å². The first-order chi connectivity index (χ1) is 27.7. The molecule has 0 N–H and O–H groups in total. The van der Waals surface area contributed by atoms with Crippen molar-refractivity contribution < 1.29 is 12.6 Å². The zero-order chi connectivity index (χ0) is 38.7. The van der Waals surface area contributed by atoms with Crippen molar-refractivity contribution in [2.24, 2.45) is 0 Å². The number of rotatable bonds is 4. The first-order valence-electron chi connectivity index (χ1n) is 19.4. The minimum atomic E-state index is -0.273. The van der Waals surface area contributed by atoms with Crippen LogP contribution in [0.25, 0.3) is 108 Å². The van der Waals surface area contributed by atoms with Crippen molar-refractivity contribution in [1.29, 1.82) is 0 Å². The van der Waals surface area contributed by atoms with Gasteiger partial charge in [0.05, 0.1) is 8.22 Å². The van der Waals surface area contributed by atoms with E-state index in [-0.39, 0.29) is 53.0 Å². The van der Waals surface area contributed by atoms with E-state index >= 15 is 0 Å². The average molecular weight is 694 g/mol. The molecule has 0 fully saturated rings. The Bertz CT molecular complexity index is 3510. The molecule has 0 radical (unpaired) electrons. The van der Waals surface area contributed by atoms with Crippen LogP contribution in [0.2, 0.25) is 0 Å². The van der Waals surface area contributed by atoms with Gasteiger partial charge >= 0.3 is 0 Å². The van der Waals surface area contributed by atoms with Crippen LogP contribution in [0.1, 0.15) is 8.22 Å². The van der Waals surface area contributed by atoms with Gasteiger partial charge in [0.2, 0.25) is 0 Å². The Morgan fingerprint density at radius 3 is 2.06 bits per heavy atom. The molecule has 0 bridgehead atoms. The van der Waals surface area contributed by atoms with Crippen LogP contribution >= 0.6 is 22.7 Å². The Morgan fingerprint density at radius 2 is 1.16 bits per heavy atom. The van der Waals surface area contributed by atoms with Crippen LogP contribution < -0.4 is 0 Å². The second-order valence-corrected chi connectivity index (χ2v) is 14.4. The van der Waals surface area contributed by atoms with Crippen molar-refractivity contribution in [1.82, 2.24) is 15.0 Å². The third-order valence-electron chi connectivity index (χ3n) is 9.26. The molecule has 4 heterocycles. The van der Waals surface area contributed by atoms with Gasteiger partial charge in [0.15, 0.2) is 17.5 Å². The van der Waals surface area contributed by atoms with E-state index in [2.05, 4.69) is 12.1 Å². The summed E-state index contributed by atoms with van der Waals surface area (Å²) in [5.41, 5.74) is 4.02. The molecule has 7 aromatic carbocycles. The van der Waals surface area contributed by atoms with E-state index in [1.807, 2.05) is 103 Å². The fourth-order valence-electron chi connectivity index (χ4n) is 6.81. The first-order valence-corrected chi connectivity index (χ1v) is 18.0. The number of hydrogen-bond donors (Lipinski definition) is 0. The zero-order valence-electron chi connectivity index (χ0n) is 32.5. The fraction of sp³-hybridized carbons (Fsp3) is 0. The van der Waals surface area contributed by atoms with Crippen LogP contribution in [0.5, 0.6) is 0 Å². The smallest absolute Gasteiger partial charge is 0.164 e. The van der Waals surface area contributed by atoms with Crippen molar-refractivity contribution in [2.75, 3.05) is 0 Å². The van der Waals surface area contributed by atoms with Gasteiger partial charge in [-0.15, -0.1) is 22.7 Å². The summed E-state index contributed by atoms with van der Waals surface area (Å²) in [7, 11) is 0. The van der Waals surface area contributed by atoms with Crippen LogP contribution in [-0.4, -0.2) is 15.0 Å². The summed E-state index contributed by atoms with van der Waals surface area (Å²) in [4.78, 5) is 14.5. The lowest BCUT2D eigenvalue weighted by molar-refractivity contribution is 0.669. The number of aromatic nitrogens is 3. The number of hydrogen-bond acceptors (Lipinski definition) is 6. The Kier molecular flexibility index (Phi) is 5.08. The molecule has 6 heteroatoms. The monoisotopic (exact) mass is 693 g/mol. The molecule has 0 aliphatic rings. The quantitative estimate of drug-likeness (QED) is 0.184. The van der Waals surface area contributed by atoms with Crippen molar-refractivity contribution in [3.05, 3.63) is 152 Å². The summed E-state index contributed by atoms with van der Waals surface area (Å²) >= 11 is 2.85. The molecule has 0 spiro atoms.